The quantitative estimate of drug-likeness (QED) is 0.632. The molecule has 16 heavy (non-hydrogen) atoms. The third-order valence-electron chi connectivity index (χ3n) is 2.54. The molecule has 1 saturated heterocycles. The number of carbonyl (C=O) groups is 2. The molecule has 1 aromatic carbocycles. The topological polar surface area (TPSA) is 77.8 Å². The molecule has 0 unspecified atom stereocenters. The minimum absolute atomic E-state index is 0.358. The van der Waals surface area contributed by atoms with Crippen LogP contribution in [-0.4, -0.2) is 34.2 Å². The summed E-state index contributed by atoms with van der Waals surface area (Å²) in [6, 6.07) is 6.67. The Morgan fingerprint density at radius 2 is 1.44 bits per heavy atom. The molecule has 1 aliphatic rings. The van der Waals surface area contributed by atoms with Crippen molar-refractivity contribution in [1.29, 1.82) is 0 Å². The van der Waals surface area contributed by atoms with Gasteiger partial charge < -0.3 is 10.2 Å². The van der Waals surface area contributed by atoms with Gasteiger partial charge in [-0.25, -0.2) is 4.90 Å². The fourth-order valence-electron chi connectivity index (χ4n) is 1.59. The van der Waals surface area contributed by atoms with Crippen LogP contribution >= 0.6 is 0 Å². The first kappa shape index (κ1) is 10.8. The molecule has 1 aromatic rings. The number of aliphatic hydroxyl groups excluding tert-OH is 2. The van der Waals surface area contributed by atoms with E-state index in [1.165, 1.54) is 0 Å². The molecule has 2 N–H and O–H groups in total. The molecule has 0 bridgehead atoms. The Bertz CT molecular complexity index is 420. The summed E-state index contributed by atoms with van der Waals surface area (Å²) in [7, 11) is 0. The SMILES string of the molecule is Cc1ccc(N2C(=O)[C@H](O)[C@@H](O)C2=O)cc1. The van der Waals surface area contributed by atoms with Gasteiger partial charge in [0.05, 0.1) is 5.69 Å². The highest BCUT2D eigenvalue weighted by Gasteiger charge is 2.46. The number of hydrogen-bond acceptors (Lipinski definition) is 4. The number of imide groups is 1. The lowest BCUT2D eigenvalue weighted by molar-refractivity contribution is -0.129. The standard InChI is InChI=1S/C11H11NO4/c1-6-2-4-7(5-3-6)12-10(15)8(13)9(14)11(12)16/h2-5,8-9,13-14H,1H3/t8-,9-/m1/s1. The number of nitrogens with zero attached hydrogens (tertiary/aromatic N) is 1. The molecular weight excluding hydrogens is 210 g/mol. The summed E-state index contributed by atoms with van der Waals surface area (Å²) in [5, 5.41) is 18.5. The van der Waals surface area contributed by atoms with Crippen LogP contribution in [0.25, 0.3) is 0 Å². The molecule has 1 fully saturated rings. The maximum atomic E-state index is 11.5. The van der Waals surface area contributed by atoms with Crippen LogP contribution in [0.1, 0.15) is 5.56 Å². The fourth-order valence-corrected chi connectivity index (χ4v) is 1.59. The molecule has 2 rings (SSSR count). The van der Waals surface area contributed by atoms with Gasteiger partial charge in [0.1, 0.15) is 0 Å². The van der Waals surface area contributed by atoms with Gasteiger partial charge in [-0.15, -0.1) is 0 Å². The van der Waals surface area contributed by atoms with E-state index >= 15 is 0 Å². The number of benzene rings is 1. The molecule has 0 spiro atoms. The van der Waals surface area contributed by atoms with E-state index in [9.17, 15) is 19.8 Å². The number of rotatable bonds is 1. The second-order valence-corrected chi connectivity index (χ2v) is 3.74. The van der Waals surface area contributed by atoms with Crippen molar-refractivity contribution in [1.82, 2.24) is 0 Å². The number of amides is 2. The maximum Gasteiger partial charge on any atom is 0.265 e. The predicted octanol–water partition coefficient (Wildman–Crippen LogP) is -0.410. The van der Waals surface area contributed by atoms with E-state index in [0.717, 1.165) is 10.5 Å². The Balaban J connectivity index is 2.38. The minimum Gasteiger partial charge on any atom is -0.380 e. The summed E-state index contributed by atoms with van der Waals surface area (Å²) < 4.78 is 0. The zero-order valence-corrected chi connectivity index (χ0v) is 8.62. The molecular formula is C11H11NO4. The molecule has 2 atom stereocenters. The van der Waals surface area contributed by atoms with Crippen molar-refractivity contribution in [3.63, 3.8) is 0 Å². The van der Waals surface area contributed by atoms with Gasteiger partial charge in [-0.05, 0) is 19.1 Å². The summed E-state index contributed by atoms with van der Waals surface area (Å²) in [4.78, 5) is 23.8. The molecule has 1 heterocycles. The number of aryl methyl sites for hydroxylation is 1. The highest BCUT2D eigenvalue weighted by molar-refractivity contribution is 6.24. The smallest absolute Gasteiger partial charge is 0.265 e. The summed E-state index contributed by atoms with van der Waals surface area (Å²) in [5.74, 6) is -1.58. The summed E-state index contributed by atoms with van der Waals surface area (Å²) in [6.07, 6.45) is -3.32. The molecule has 1 aliphatic heterocycles. The van der Waals surface area contributed by atoms with Crippen molar-refractivity contribution in [3.8, 4) is 0 Å². The van der Waals surface area contributed by atoms with Crippen LogP contribution in [0.2, 0.25) is 0 Å². The van der Waals surface area contributed by atoms with Gasteiger partial charge in [0, 0.05) is 0 Å². The zero-order chi connectivity index (χ0) is 11.9. The van der Waals surface area contributed by atoms with Gasteiger partial charge in [-0.1, -0.05) is 17.7 Å². The zero-order valence-electron chi connectivity index (χ0n) is 8.62. The first-order valence-electron chi connectivity index (χ1n) is 4.83. The van der Waals surface area contributed by atoms with Crippen LogP contribution in [0.15, 0.2) is 24.3 Å². The Kier molecular flexibility index (Phi) is 2.49. The number of anilines is 1. The number of hydrogen-bond donors (Lipinski definition) is 2. The van der Waals surface area contributed by atoms with Crippen LogP contribution in [0.3, 0.4) is 0 Å². The molecule has 0 saturated carbocycles. The van der Waals surface area contributed by atoms with E-state index in [1.807, 2.05) is 6.92 Å². The van der Waals surface area contributed by atoms with E-state index in [0.29, 0.717) is 5.69 Å². The van der Waals surface area contributed by atoms with Crippen LogP contribution in [-0.2, 0) is 9.59 Å². The molecule has 0 radical (unpaired) electrons. The fraction of sp³-hybridized carbons (Fsp3) is 0.273. The van der Waals surface area contributed by atoms with E-state index < -0.39 is 24.0 Å². The van der Waals surface area contributed by atoms with Crippen molar-refractivity contribution in [3.05, 3.63) is 29.8 Å². The average Bonchev–Trinajstić information content (AvgIpc) is 2.46. The Labute approximate surface area is 91.9 Å². The van der Waals surface area contributed by atoms with Gasteiger partial charge in [0.15, 0.2) is 12.2 Å². The normalized spacial score (nSPS) is 25.3. The number of carbonyl (C=O) groups excluding carboxylic acids is 2. The summed E-state index contributed by atoms with van der Waals surface area (Å²) >= 11 is 0. The maximum absolute atomic E-state index is 11.5. The average molecular weight is 221 g/mol. The van der Waals surface area contributed by atoms with Crippen LogP contribution < -0.4 is 4.90 Å². The Hall–Kier alpha value is -1.72. The molecule has 0 aliphatic carbocycles. The van der Waals surface area contributed by atoms with Crippen molar-refractivity contribution in [2.45, 2.75) is 19.1 Å². The lowest BCUT2D eigenvalue weighted by atomic mass is 10.2. The van der Waals surface area contributed by atoms with Crippen LogP contribution in [0.5, 0.6) is 0 Å². The van der Waals surface area contributed by atoms with Gasteiger partial charge in [-0.2, -0.15) is 0 Å². The van der Waals surface area contributed by atoms with Crippen LogP contribution in [0, 0.1) is 6.92 Å². The van der Waals surface area contributed by atoms with Gasteiger partial charge in [0.25, 0.3) is 11.8 Å². The van der Waals surface area contributed by atoms with Gasteiger partial charge in [0.2, 0.25) is 0 Å². The molecule has 2 amide bonds. The molecule has 0 aromatic heterocycles. The molecule has 5 nitrogen and oxygen atoms in total. The van der Waals surface area contributed by atoms with Crippen molar-refractivity contribution < 1.29 is 19.8 Å². The second-order valence-electron chi connectivity index (χ2n) is 3.74. The first-order chi connectivity index (χ1) is 7.52. The third-order valence-corrected chi connectivity index (χ3v) is 2.54. The van der Waals surface area contributed by atoms with Gasteiger partial charge in [-0.3, -0.25) is 9.59 Å². The molecule has 84 valence electrons. The molecule has 5 heteroatoms. The predicted molar refractivity (Wildman–Crippen MR) is 55.7 cm³/mol. The Morgan fingerprint density at radius 3 is 1.88 bits per heavy atom. The highest BCUT2D eigenvalue weighted by Crippen LogP contribution is 2.23. The third kappa shape index (κ3) is 1.50. The Morgan fingerprint density at radius 1 is 1.00 bits per heavy atom. The van der Waals surface area contributed by atoms with E-state index in [4.69, 9.17) is 0 Å². The summed E-state index contributed by atoms with van der Waals surface area (Å²) in [5.41, 5.74) is 1.35. The largest absolute Gasteiger partial charge is 0.380 e. The summed E-state index contributed by atoms with van der Waals surface area (Å²) in [6.45, 7) is 1.88. The van der Waals surface area contributed by atoms with Crippen molar-refractivity contribution in [2.24, 2.45) is 0 Å². The number of aliphatic hydroxyl groups is 2. The van der Waals surface area contributed by atoms with E-state index in [1.54, 1.807) is 24.3 Å². The van der Waals surface area contributed by atoms with E-state index in [2.05, 4.69) is 0 Å². The second kappa shape index (κ2) is 3.70. The van der Waals surface area contributed by atoms with Crippen molar-refractivity contribution in [2.75, 3.05) is 4.90 Å². The highest BCUT2D eigenvalue weighted by atomic mass is 16.4. The van der Waals surface area contributed by atoms with Crippen LogP contribution in [0.4, 0.5) is 5.69 Å². The first-order valence-corrected chi connectivity index (χ1v) is 4.83. The van der Waals surface area contributed by atoms with Crippen molar-refractivity contribution >= 4 is 17.5 Å². The van der Waals surface area contributed by atoms with Gasteiger partial charge >= 0.3 is 0 Å². The van der Waals surface area contributed by atoms with E-state index in [-0.39, 0.29) is 0 Å². The lowest BCUT2D eigenvalue weighted by Gasteiger charge is -2.13. The minimum atomic E-state index is -1.66. The monoisotopic (exact) mass is 221 g/mol. The lowest BCUT2D eigenvalue weighted by Crippen LogP contribution is -2.31.